The molecule has 96 valence electrons. The Bertz CT molecular complexity index is 239. The maximum absolute atomic E-state index is 11.3. The van der Waals surface area contributed by atoms with Crippen molar-refractivity contribution in [1.82, 2.24) is 4.90 Å². The normalized spacial score (nSPS) is 16.0. The van der Waals surface area contributed by atoms with Crippen molar-refractivity contribution in [2.45, 2.75) is 26.4 Å². The van der Waals surface area contributed by atoms with E-state index in [4.69, 9.17) is 5.73 Å². The van der Waals surface area contributed by atoms with Crippen LogP contribution >= 0.6 is 0 Å². The van der Waals surface area contributed by atoms with Crippen LogP contribution in [0.3, 0.4) is 0 Å². The number of carbonyl (C=O) groups is 1. The van der Waals surface area contributed by atoms with Crippen molar-refractivity contribution < 1.29 is 14.6 Å². The first-order chi connectivity index (χ1) is 7.14. The average Bonchev–Trinajstić information content (AvgIpc) is 2.14. The number of aliphatic hydroxyl groups is 1. The molecule has 0 aliphatic heterocycles. The summed E-state index contributed by atoms with van der Waals surface area (Å²) in [5.74, 6) is -0.620. The lowest BCUT2D eigenvalue weighted by molar-refractivity contribution is -0.162. The highest BCUT2D eigenvalue weighted by molar-refractivity contribution is 5.78. The van der Waals surface area contributed by atoms with E-state index in [1.807, 2.05) is 25.8 Å². The molecule has 0 aliphatic rings. The summed E-state index contributed by atoms with van der Waals surface area (Å²) < 4.78 is 4.53. The molecular weight excluding hydrogens is 208 g/mol. The predicted octanol–water partition coefficient (Wildman–Crippen LogP) is -0.173. The van der Waals surface area contributed by atoms with E-state index in [1.54, 1.807) is 0 Å². The number of nitrogens with zero attached hydrogens (tertiary/aromatic N) is 1. The van der Waals surface area contributed by atoms with Gasteiger partial charge in [-0.15, -0.1) is 0 Å². The molecule has 0 aromatic carbocycles. The first kappa shape index (κ1) is 15.3. The highest BCUT2D eigenvalue weighted by Gasteiger charge is 2.33. The lowest BCUT2D eigenvalue weighted by Gasteiger charge is -2.32. The Morgan fingerprint density at radius 1 is 1.38 bits per heavy atom. The van der Waals surface area contributed by atoms with Gasteiger partial charge in [0.2, 0.25) is 0 Å². The van der Waals surface area contributed by atoms with E-state index in [-0.39, 0.29) is 12.0 Å². The van der Waals surface area contributed by atoms with Gasteiger partial charge >= 0.3 is 5.97 Å². The van der Waals surface area contributed by atoms with Crippen molar-refractivity contribution >= 4 is 5.97 Å². The van der Waals surface area contributed by atoms with Crippen molar-refractivity contribution in [1.29, 1.82) is 0 Å². The van der Waals surface area contributed by atoms with Crippen molar-refractivity contribution in [2.75, 3.05) is 33.8 Å². The Hall–Kier alpha value is -0.650. The molecule has 0 bridgehead atoms. The zero-order valence-corrected chi connectivity index (χ0v) is 10.9. The minimum Gasteiger partial charge on any atom is -0.467 e. The molecule has 0 saturated heterocycles. The summed E-state index contributed by atoms with van der Waals surface area (Å²) in [6.45, 7) is 7.01. The number of methoxy groups -OCH3 is 1. The molecule has 0 aliphatic carbocycles. The fraction of sp³-hybridized carbons (Fsp3) is 0.909. The quantitative estimate of drug-likeness (QED) is 0.622. The van der Waals surface area contributed by atoms with Gasteiger partial charge in [0.25, 0.3) is 0 Å². The highest BCUT2D eigenvalue weighted by atomic mass is 16.5. The van der Waals surface area contributed by atoms with E-state index in [0.29, 0.717) is 13.1 Å². The first-order valence-electron chi connectivity index (χ1n) is 5.34. The Balaban J connectivity index is 4.34. The van der Waals surface area contributed by atoms with E-state index >= 15 is 0 Å². The molecule has 0 fully saturated rings. The number of carbonyl (C=O) groups excluding carboxylic acids is 1. The van der Waals surface area contributed by atoms with Crippen molar-refractivity contribution in [3.8, 4) is 0 Å². The number of hydrogen-bond acceptors (Lipinski definition) is 5. The van der Waals surface area contributed by atoms with Crippen molar-refractivity contribution in [2.24, 2.45) is 11.1 Å². The Kier molecular flexibility index (Phi) is 5.38. The van der Waals surface area contributed by atoms with Crippen LogP contribution in [0, 0.1) is 5.41 Å². The first-order valence-corrected chi connectivity index (χ1v) is 5.34. The average molecular weight is 232 g/mol. The van der Waals surface area contributed by atoms with Crippen LogP contribution in [-0.4, -0.2) is 55.4 Å². The van der Waals surface area contributed by atoms with Gasteiger partial charge < -0.3 is 20.5 Å². The molecular formula is C11H24N2O3. The second-order valence-electron chi connectivity index (χ2n) is 5.31. The summed E-state index contributed by atoms with van der Waals surface area (Å²) in [5, 5.41) is 9.88. The smallest absolute Gasteiger partial charge is 0.338 e. The third-order valence-corrected chi connectivity index (χ3v) is 2.45. The SMILES string of the molecule is COC(=O)C(C)(O)CN(C)CC(C)(C)CN. The molecule has 1 atom stereocenters. The molecule has 0 rings (SSSR count). The topological polar surface area (TPSA) is 75.8 Å². The molecule has 16 heavy (non-hydrogen) atoms. The van der Waals surface area contributed by atoms with Gasteiger partial charge in [-0.05, 0) is 25.9 Å². The van der Waals surface area contributed by atoms with E-state index in [9.17, 15) is 9.90 Å². The summed E-state index contributed by atoms with van der Waals surface area (Å²) in [6, 6.07) is 0. The van der Waals surface area contributed by atoms with Gasteiger partial charge in [-0.3, -0.25) is 0 Å². The number of ether oxygens (including phenoxy) is 1. The van der Waals surface area contributed by atoms with Crippen LogP contribution in [0.5, 0.6) is 0 Å². The summed E-state index contributed by atoms with van der Waals surface area (Å²) in [6.07, 6.45) is 0. The van der Waals surface area contributed by atoms with Crippen molar-refractivity contribution in [3.05, 3.63) is 0 Å². The number of esters is 1. The molecule has 1 unspecified atom stereocenters. The fourth-order valence-corrected chi connectivity index (χ4v) is 1.66. The third kappa shape index (κ3) is 4.92. The zero-order chi connectivity index (χ0) is 13.0. The summed E-state index contributed by atoms with van der Waals surface area (Å²) in [4.78, 5) is 13.2. The van der Waals surface area contributed by atoms with Gasteiger partial charge in [0.05, 0.1) is 7.11 Å². The molecule has 0 amide bonds. The van der Waals surface area contributed by atoms with Crippen LogP contribution in [0.2, 0.25) is 0 Å². The molecule has 5 heteroatoms. The lowest BCUT2D eigenvalue weighted by atomic mass is 9.92. The number of likely N-dealkylation sites (N-methyl/N-ethyl adjacent to an activating group) is 1. The van der Waals surface area contributed by atoms with Crippen LogP contribution in [-0.2, 0) is 9.53 Å². The van der Waals surface area contributed by atoms with Gasteiger partial charge in [0, 0.05) is 13.1 Å². The van der Waals surface area contributed by atoms with E-state index < -0.39 is 11.6 Å². The lowest BCUT2D eigenvalue weighted by Crippen LogP contribution is -2.49. The monoisotopic (exact) mass is 232 g/mol. The van der Waals surface area contributed by atoms with Crippen LogP contribution in [0.25, 0.3) is 0 Å². The maximum Gasteiger partial charge on any atom is 0.338 e. The van der Waals surface area contributed by atoms with E-state index in [2.05, 4.69) is 4.74 Å². The fourth-order valence-electron chi connectivity index (χ4n) is 1.66. The second kappa shape index (κ2) is 5.61. The van der Waals surface area contributed by atoms with Crippen LogP contribution < -0.4 is 5.73 Å². The molecule has 0 spiro atoms. The van der Waals surface area contributed by atoms with E-state index in [1.165, 1.54) is 14.0 Å². The molecule has 0 saturated carbocycles. The summed E-state index contributed by atoms with van der Waals surface area (Å²) in [5.41, 5.74) is 4.10. The van der Waals surface area contributed by atoms with Crippen LogP contribution in [0.15, 0.2) is 0 Å². The summed E-state index contributed by atoms with van der Waals surface area (Å²) in [7, 11) is 3.11. The maximum atomic E-state index is 11.3. The van der Waals surface area contributed by atoms with Gasteiger partial charge in [0.15, 0.2) is 5.60 Å². The molecule has 0 heterocycles. The van der Waals surface area contributed by atoms with Gasteiger partial charge in [-0.25, -0.2) is 4.79 Å². The van der Waals surface area contributed by atoms with Gasteiger partial charge in [0.1, 0.15) is 0 Å². The number of hydrogen-bond donors (Lipinski definition) is 2. The minimum atomic E-state index is -1.48. The predicted molar refractivity (Wildman–Crippen MR) is 63.0 cm³/mol. The third-order valence-electron chi connectivity index (χ3n) is 2.45. The summed E-state index contributed by atoms with van der Waals surface area (Å²) >= 11 is 0. The zero-order valence-electron chi connectivity index (χ0n) is 10.9. The minimum absolute atomic E-state index is 0.0407. The second-order valence-corrected chi connectivity index (χ2v) is 5.31. The molecule has 5 nitrogen and oxygen atoms in total. The molecule has 3 N–H and O–H groups in total. The number of nitrogens with two attached hydrogens (primary N) is 1. The molecule has 0 radical (unpaired) electrons. The molecule has 0 aromatic heterocycles. The van der Waals surface area contributed by atoms with E-state index in [0.717, 1.165) is 0 Å². The standard InChI is InChI=1S/C11H24N2O3/c1-10(2,6-12)7-13(4)8-11(3,15)9(14)16-5/h15H,6-8,12H2,1-5H3. The Labute approximate surface area is 97.6 Å². The van der Waals surface area contributed by atoms with Gasteiger partial charge in [-0.2, -0.15) is 0 Å². The van der Waals surface area contributed by atoms with Gasteiger partial charge in [-0.1, -0.05) is 13.8 Å². The Morgan fingerprint density at radius 2 is 1.88 bits per heavy atom. The Morgan fingerprint density at radius 3 is 2.25 bits per heavy atom. The number of rotatable bonds is 6. The highest BCUT2D eigenvalue weighted by Crippen LogP contribution is 2.16. The van der Waals surface area contributed by atoms with Crippen molar-refractivity contribution in [3.63, 3.8) is 0 Å². The van der Waals surface area contributed by atoms with Crippen LogP contribution in [0.4, 0.5) is 0 Å². The largest absolute Gasteiger partial charge is 0.467 e. The molecule has 0 aromatic rings. The van der Waals surface area contributed by atoms with Crippen LogP contribution in [0.1, 0.15) is 20.8 Å².